The standard InChI is InChI=1S/C23H24N2O4/c1-28-22-14-19(21(25(26)27)15-23(22)29-2)16-24-20(18-11-7-4-8-12-18)13-17-9-5-3-6-10-17/h3-12,14-15,20,24H,13,16H2,1-2H3. The lowest BCUT2D eigenvalue weighted by atomic mass is 9.98. The first-order valence-corrected chi connectivity index (χ1v) is 9.34. The van der Waals surface area contributed by atoms with E-state index in [1.807, 2.05) is 36.4 Å². The Morgan fingerprint density at radius 3 is 2.10 bits per heavy atom. The van der Waals surface area contributed by atoms with E-state index in [4.69, 9.17) is 9.47 Å². The summed E-state index contributed by atoms with van der Waals surface area (Å²) in [7, 11) is 2.98. The minimum absolute atomic E-state index is 0.00155. The highest BCUT2D eigenvalue weighted by Crippen LogP contribution is 2.34. The molecule has 0 aliphatic heterocycles. The Morgan fingerprint density at radius 1 is 0.931 bits per heavy atom. The molecule has 150 valence electrons. The predicted molar refractivity (Wildman–Crippen MR) is 112 cm³/mol. The van der Waals surface area contributed by atoms with Crippen LogP contribution in [0.4, 0.5) is 5.69 Å². The van der Waals surface area contributed by atoms with E-state index in [9.17, 15) is 10.1 Å². The lowest BCUT2D eigenvalue weighted by Gasteiger charge is -2.20. The Morgan fingerprint density at radius 2 is 1.52 bits per heavy atom. The third-order valence-corrected chi connectivity index (χ3v) is 4.81. The van der Waals surface area contributed by atoms with E-state index in [-0.39, 0.29) is 11.7 Å². The van der Waals surface area contributed by atoms with E-state index in [0.717, 1.165) is 12.0 Å². The van der Waals surface area contributed by atoms with Crippen molar-refractivity contribution < 1.29 is 14.4 Å². The molecule has 6 heteroatoms. The molecule has 3 aromatic rings. The minimum atomic E-state index is -0.395. The molecule has 0 spiro atoms. The zero-order valence-electron chi connectivity index (χ0n) is 16.5. The average molecular weight is 392 g/mol. The Balaban J connectivity index is 1.88. The molecule has 0 fully saturated rings. The Bertz CT molecular complexity index is 946. The van der Waals surface area contributed by atoms with Crippen LogP contribution in [0.25, 0.3) is 0 Å². The summed E-state index contributed by atoms with van der Waals surface area (Å²) in [6, 6.07) is 23.3. The van der Waals surface area contributed by atoms with Crippen LogP contribution in [-0.4, -0.2) is 19.1 Å². The zero-order chi connectivity index (χ0) is 20.6. The molecule has 0 aromatic heterocycles. The van der Waals surface area contributed by atoms with Gasteiger partial charge in [-0.15, -0.1) is 0 Å². The summed E-state index contributed by atoms with van der Waals surface area (Å²) < 4.78 is 10.5. The maximum absolute atomic E-state index is 11.6. The molecule has 0 radical (unpaired) electrons. The molecule has 29 heavy (non-hydrogen) atoms. The molecule has 0 heterocycles. The Kier molecular flexibility index (Phi) is 6.81. The van der Waals surface area contributed by atoms with Crippen LogP contribution in [0.1, 0.15) is 22.7 Å². The smallest absolute Gasteiger partial charge is 0.277 e. The van der Waals surface area contributed by atoms with E-state index in [1.54, 1.807) is 6.07 Å². The lowest BCUT2D eigenvalue weighted by Crippen LogP contribution is -2.23. The molecule has 0 saturated heterocycles. The van der Waals surface area contributed by atoms with Gasteiger partial charge in [0.1, 0.15) is 0 Å². The summed E-state index contributed by atoms with van der Waals surface area (Å²) >= 11 is 0. The van der Waals surface area contributed by atoms with Crippen molar-refractivity contribution in [3.05, 3.63) is 99.6 Å². The van der Waals surface area contributed by atoms with Gasteiger partial charge in [0.25, 0.3) is 5.69 Å². The second-order valence-electron chi connectivity index (χ2n) is 6.63. The molecule has 3 rings (SSSR count). The number of nitro benzene ring substituents is 1. The number of nitrogens with one attached hydrogen (secondary N) is 1. The van der Waals surface area contributed by atoms with Crippen LogP contribution in [0.3, 0.4) is 0 Å². The Hall–Kier alpha value is -3.38. The zero-order valence-corrected chi connectivity index (χ0v) is 16.5. The van der Waals surface area contributed by atoms with Crippen LogP contribution >= 0.6 is 0 Å². The van der Waals surface area contributed by atoms with E-state index in [2.05, 4.69) is 29.6 Å². The molecular formula is C23H24N2O4. The number of ether oxygens (including phenoxy) is 2. The second-order valence-corrected chi connectivity index (χ2v) is 6.63. The van der Waals surface area contributed by atoms with Gasteiger partial charge in [-0.05, 0) is 23.6 Å². The van der Waals surface area contributed by atoms with Crippen molar-refractivity contribution in [3.8, 4) is 11.5 Å². The summed E-state index contributed by atoms with van der Waals surface area (Å²) in [6.45, 7) is 0.322. The summed E-state index contributed by atoms with van der Waals surface area (Å²) in [5.41, 5.74) is 2.86. The van der Waals surface area contributed by atoms with Crippen molar-refractivity contribution >= 4 is 5.69 Å². The largest absolute Gasteiger partial charge is 0.493 e. The molecule has 0 aliphatic carbocycles. The monoisotopic (exact) mass is 392 g/mol. The molecule has 0 bridgehead atoms. The average Bonchev–Trinajstić information content (AvgIpc) is 2.77. The van der Waals surface area contributed by atoms with E-state index >= 15 is 0 Å². The molecular weight excluding hydrogens is 368 g/mol. The van der Waals surface area contributed by atoms with Gasteiger partial charge in [-0.2, -0.15) is 0 Å². The number of nitro groups is 1. The molecule has 1 unspecified atom stereocenters. The first-order chi connectivity index (χ1) is 14.1. The maximum atomic E-state index is 11.6. The van der Waals surface area contributed by atoms with Crippen LogP contribution < -0.4 is 14.8 Å². The van der Waals surface area contributed by atoms with Crippen LogP contribution in [0.5, 0.6) is 11.5 Å². The minimum Gasteiger partial charge on any atom is -0.493 e. The van der Waals surface area contributed by atoms with Crippen LogP contribution in [0.15, 0.2) is 72.8 Å². The van der Waals surface area contributed by atoms with Gasteiger partial charge in [-0.3, -0.25) is 10.1 Å². The fourth-order valence-electron chi connectivity index (χ4n) is 3.30. The highest BCUT2D eigenvalue weighted by atomic mass is 16.6. The van der Waals surface area contributed by atoms with Crippen molar-refractivity contribution in [1.29, 1.82) is 0 Å². The van der Waals surface area contributed by atoms with Crippen LogP contribution in [0, 0.1) is 10.1 Å². The molecule has 1 atom stereocenters. The van der Waals surface area contributed by atoms with Gasteiger partial charge in [0.05, 0.1) is 25.2 Å². The normalized spacial score (nSPS) is 11.7. The highest BCUT2D eigenvalue weighted by Gasteiger charge is 2.21. The number of nitrogens with zero attached hydrogens (tertiary/aromatic N) is 1. The summed E-state index contributed by atoms with van der Waals surface area (Å²) in [4.78, 5) is 11.2. The number of hydrogen-bond donors (Lipinski definition) is 1. The lowest BCUT2D eigenvalue weighted by molar-refractivity contribution is -0.385. The molecule has 3 aromatic carbocycles. The van der Waals surface area contributed by atoms with Gasteiger partial charge in [-0.1, -0.05) is 60.7 Å². The third-order valence-electron chi connectivity index (χ3n) is 4.81. The summed E-state index contributed by atoms with van der Waals surface area (Å²) in [5.74, 6) is 0.807. The quantitative estimate of drug-likeness (QED) is 0.423. The SMILES string of the molecule is COc1cc(CNC(Cc2ccccc2)c2ccccc2)c([N+](=O)[O-])cc1OC. The first-order valence-electron chi connectivity index (χ1n) is 9.34. The predicted octanol–water partition coefficient (Wildman–Crippen LogP) is 4.69. The number of methoxy groups -OCH3 is 2. The second kappa shape index (κ2) is 9.71. The van der Waals surface area contributed by atoms with E-state index < -0.39 is 4.92 Å². The van der Waals surface area contributed by atoms with Crippen molar-refractivity contribution in [2.75, 3.05) is 14.2 Å². The topological polar surface area (TPSA) is 73.6 Å². The van der Waals surface area contributed by atoms with Crippen LogP contribution in [-0.2, 0) is 13.0 Å². The van der Waals surface area contributed by atoms with Gasteiger partial charge < -0.3 is 14.8 Å². The number of rotatable bonds is 9. The number of hydrogen-bond acceptors (Lipinski definition) is 5. The third kappa shape index (κ3) is 5.12. The molecule has 0 saturated carbocycles. The fraction of sp³-hybridized carbons (Fsp3) is 0.217. The van der Waals surface area contributed by atoms with Gasteiger partial charge >= 0.3 is 0 Å². The summed E-state index contributed by atoms with van der Waals surface area (Å²) in [6.07, 6.45) is 0.770. The molecule has 0 aliphatic rings. The van der Waals surface area contributed by atoms with Gasteiger partial charge in [0.2, 0.25) is 0 Å². The molecule has 1 N–H and O–H groups in total. The van der Waals surface area contributed by atoms with Crippen molar-refractivity contribution in [1.82, 2.24) is 5.32 Å². The van der Waals surface area contributed by atoms with Gasteiger partial charge in [-0.25, -0.2) is 0 Å². The Labute approximate surface area is 170 Å². The summed E-state index contributed by atoms with van der Waals surface area (Å²) in [5, 5.41) is 15.1. The molecule has 6 nitrogen and oxygen atoms in total. The van der Waals surface area contributed by atoms with E-state index in [1.165, 1.54) is 25.8 Å². The molecule has 0 amide bonds. The van der Waals surface area contributed by atoms with Crippen molar-refractivity contribution in [3.63, 3.8) is 0 Å². The fourth-order valence-corrected chi connectivity index (χ4v) is 3.30. The highest BCUT2D eigenvalue weighted by molar-refractivity contribution is 5.54. The maximum Gasteiger partial charge on any atom is 0.277 e. The van der Waals surface area contributed by atoms with Crippen LogP contribution in [0.2, 0.25) is 0 Å². The first kappa shape index (κ1) is 20.4. The number of benzene rings is 3. The van der Waals surface area contributed by atoms with Crippen molar-refractivity contribution in [2.24, 2.45) is 0 Å². The van der Waals surface area contributed by atoms with Gasteiger partial charge in [0, 0.05) is 18.2 Å². The van der Waals surface area contributed by atoms with E-state index in [0.29, 0.717) is 23.6 Å². The van der Waals surface area contributed by atoms with Gasteiger partial charge in [0.15, 0.2) is 11.5 Å². The van der Waals surface area contributed by atoms with Crippen molar-refractivity contribution in [2.45, 2.75) is 19.0 Å².